The number of phosphoric ester groups is 1. The molecule has 0 N–H and O–H groups in total. The highest BCUT2D eigenvalue weighted by molar-refractivity contribution is 7.55. The molecule has 5 aromatic carbocycles. The van der Waals surface area contributed by atoms with Gasteiger partial charge in [-0.3, -0.25) is 13.6 Å². The van der Waals surface area contributed by atoms with Crippen LogP contribution in [0.3, 0.4) is 0 Å². The molecule has 8 heteroatoms. The van der Waals surface area contributed by atoms with Gasteiger partial charge in [0.2, 0.25) is 0 Å². The highest BCUT2D eigenvalue weighted by Crippen LogP contribution is 2.62. The van der Waals surface area contributed by atoms with Crippen LogP contribution in [0.15, 0.2) is 116 Å². The molecule has 0 saturated heterocycles. The lowest BCUT2D eigenvalue weighted by Crippen LogP contribution is -2.38. The monoisotopic (exact) mass is 591 g/mol. The molecule has 43 heavy (non-hydrogen) atoms. The van der Waals surface area contributed by atoms with Gasteiger partial charge in [-0.2, -0.15) is 0 Å². The molecule has 0 unspecified atom stereocenters. The number of rotatable bonds is 5. The summed E-state index contributed by atoms with van der Waals surface area (Å²) < 4.78 is 23.9. The zero-order valence-electron chi connectivity index (χ0n) is 24.1. The largest absolute Gasteiger partial charge is 0.583 e. The van der Waals surface area contributed by atoms with Crippen LogP contribution in [-0.4, -0.2) is 11.7 Å². The number of para-hydroxylation sites is 1. The summed E-state index contributed by atoms with van der Waals surface area (Å²) in [6, 6.07) is 30.0. The number of fused-ring (bicyclic) bond motifs is 7. The van der Waals surface area contributed by atoms with E-state index in [1.807, 2.05) is 60.7 Å². The number of hydrogen-bond acceptors (Lipinski definition) is 6. The summed E-state index contributed by atoms with van der Waals surface area (Å²) in [6.07, 6.45) is 0.801. The Bertz CT molecular complexity index is 1820. The van der Waals surface area contributed by atoms with Gasteiger partial charge in [0.15, 0.2) is 11.5 Å². The van der Waals surface area contributed by atoms with E-state index >= 15 is 0 Å². The molecular weight excluding hydrogens is 561 g/mol. The van der Waals surface area contributed by atoms with Crippen LogP contribution >= 0.6 is 8.17 Å². The molecule has 0 atom stereocenters. The molecule has 6 rings (SSSR count). The van der Waals surface area contributed by atoms with Crippen molar-refractivity contribution < 1.29 is 28.0 Å². The Labute approximate surface area is 250 Å². The Kier molecular flexibility index (Phi) is 7.09. The van der Waals surface area contributed by atoms with Crippen molar-refractivity contribution in [2.45, 2.75) is 26.4 Å². The Morgan fingerprint density at radius 2 is 1.33 bits per heavy atom. The zero-order valence-corrected chi connectivity index (χ0v) is 25.0. The van der Waals surface area contributed by atoms with Crippen LogP contribution in [0.2, 0.25) is 0 Å². The van der Waals surface area contributed by atoms with Gasteiger partial charge < -0.3 is 9.63 Å². The molecule has 0 aromatic heterocycles. The number of ether oxygens (including phenoxy) is 1. The summed E-state index contributed by atoms with van der Waals surface area (Å²) in [6.45, 7) is 13.1. The summed E-state index contributed by atoms with van der Waals surface area (Å²) in [4.78, 5) is 29.2. The van der Waals surface area contributed by atoms with Crippen molar-refractivity contribution in [3.05, 3.63) is 122 Å². The number of carbonyl (C=O) groups is 1. The minimum absolute atomic E-state index is 0.306. The van der Waals surface area contributed by atoms with Crippen LogP contribution in [0.1, 0.15) is 26.3 Å². The van der Waals surface area contributed by atoms with Gasteiger partial charge in [0.1, 0.15) is 5.60 Å². The fraction of sp³-hybridized carbons (Fsp3) is 0.114. The van der Waals surface area contributed by atoms with Gasteiger partial charge in [0, 0.05) is 11.1 Å². The third kappa shape index (κ3) is 5.41. The number of anilines is 1. The maximum atomic E-state index is 14.5. The number of nitrogens with zero attached hydrogens (tertiary/aromatic N) is 1. The van der Waals surface area contributed by atoms with E-state index in [0.29, 0.717) is 22.7 Å². The molecule has 216 valence electrons. The van der Waals surface area contributed by atoms with E-state index in [1.54, 1.807) is 63.2 Å². The molecule has 0 radical (unpaired) electrons. The lowest BCUT2D eigenvalue weighted by Gasteiger charge is -2.31. The lowest BCUT2D eigenvalue weighted by atomic mass is 9.92. The third-order valence-electron chi connectivity index (χ3n) is 6.89. The third-order valence-corrected chi connectivity index (χ3v) is 8.17. The maximum absolute atomic E-state index is 14.5. The first-order valence-corrected chi connectivity index (χ1v) is 15.2. The van der Waals surface area contributed by atoms with Gasteiger partial charge in [-0.05, 0) is 72.7 Å². The zero-order chi connectivity index (χ0) is 30.4. The summed E-state index contributed by atoms with van der Waals surface area (Å²) in [5, 5.41) is 3.73. The highest BCUT2D eigenvalue weighted by atomic mass is 31.2. The first kappa shape index (κ1) is 28.3. The number of hydrogen-bond donors (Lipinski definition) is 0. The highest BCUT2D eigenvalue weighted by Gasteiger charge is 2.45. The van der Waals surface area contributed by atoms with Gasteiger partial charge in [-0.15, -0.1) is 0 Å². The van der Waals surface area contributed by atoms with Gasteiger partial charge >= 0.3 is 14.3 Å². The van der Waals surface area contributed by atoms with Crippen molar-refractivity contribution in [1.29, 1.82) is 0 Å². The molecule has 0 saturated carbocycles. The van der Waals surface area contributed by atoms with Gasteiger partial charge in [-0.1, -0.05) is 91.5 Å². The van der Waals surface area contributed by atoms with E-state index < -0.39 is 19.9 Å². The molecule has 0 bridgehead atoms. The Balaban J connectivity index is 1.49. The predicted molar refractivity (Wildman–Crippen MR) is 171 cm³/mol. The van der Waals surface area contributed by atoms with Crippen molar-refractivity contribution in [3.63, 3.8) is 0 Å². The van der Waals surface area contributed by atoms with E-state index in [9.17, 15) is 9.69 Å². The molecule has 1 amide bonds. The minimum Gasteiger partial charge on any atom is -0.583 e. The van der Waals surface area contributed by atoms with Crippen molar-refractivity contribution in [1.82, 2.24) is 0 Å². The molecule has 1 heterocycles. The van der Waals surface area contributed by atoms with Crippen LogP contribution < -0.4 is 18.8 Å². The number of benzene rings is 5. The molecular formula is C35H30NO6P. The van der Waals surface area contributed by atoms with E-state index in [2.05, 4.69) is 13.2 Å². The fourth-order valence-electron chi connectivity index (χ4n) is 5.14. The average molecular weight is 592 g/mol. The Hall–Kier alpha value is -4.84. The van der Waals surface area contributed by atoms with Gasteiger partial charge in [-0.25, -0.2) is 9.69 Å². The first-order chi connectivity index (χ1) is 20.6. The average Bonchev–Trinajstić information content (AvgIpc) is 3.10. The minimum atomic E-state index is -4.50. The van der Waals surface area contributed by atoms with E-state index in [1.165, 1.54) is 0 Å². The number of carbonyl (C=O) groups excluding carboxylic acids is 1. The molecule has 5 aromatic rings. The molecule has 7 nitrogen and oxygen atoms in total. The number of amides is 1. The van der Waals surface area contributed by atoms with Crippen molar-refractivity contribution in [2.75, 3.05) is 4.90 Å². The van der Waals surface area contributed by atoms with Crippen molar-refractivity contribution >= 4 is 47.6 Å². The van der Waals surface area contributed by atoms with Crippen LogP contribution in [0.25, 0.3) is 38.7 Å². The summed E-state index contributed by atoms with van der Waals surface area (Å²) in [7, 11) is -4.50. The van der Waals surface area contributed by atoms with E-state index in [4.69, 9.17) is 18.3 Å². The normalized spacial score (nSPS) is 13.5. The molecule has 0 spiro atoms. The van der Waals surface area contributed by atoms with Crippen LogP contribution in [0, 0.1) is 0 Å². The quantitative estimate of drug-likeness (QED) is 0.150. The molecule has 0 aliphatic carbocycles. The lowest BCUT2D eigenvalue weighted by molar-refractivity contribution is -0.226. The number of phosphoric acid groups is 1. The molecule has 1 aliphatic rings. The fourth-order valence-corrected chi connectivity index (χ4v) is 6.38. The SMILES string of the molecule is C=Cc1ccccc1N(C(=C)O[P+]1([O-])Oc2ccc3ccccc3c2-c2c(ccc3ccccc23)O1)C(=O)OC(C)(C)C. The van der Waals surface area contributed by atoms with Crippen molar-refractivity contribution in [2.24, 2.45) is 0 Å². The Morgan fingerprint density at radius 3 is 1.86 bits per heavy atom. The summed E-state index contributed by atoms with van der Waals surface area (Å²) in [5.74, 6) is 0.305. The second kappa shape index (κ2) is 10.8. The maximum Gasteiger partial charge on any atom is 0.519 e. The van der Waals surface area contributed by atoms with E-state index in [0.717, 1.165) is 37.6 Å². The van der Waals surface area contributed by atoms with Crippen LogP contribution in [0.4, 0.5) is 10.5 Å². The summed E-state index contributed by atoms with van der Waals surface area (Å²) >= 11 is 0. The molecule has 1 aliphatic heterocycles. The Morgan fingerprint density at radius 1 is 0.814 bits per heavy atom. The van der Waals surface area contributed by atoms with Gasteiger partial charge in [0.05, 0.1) is 5.69 Å². The van der Waals surface area contributed by atoms with Crippen LogP contribution in [0.5, 0.6) is 11.5 Å². The second-order valence-electron chi connectivity index (χ2n) is 11.0. The van der Waals surface area contributed by atoms with Crippen molar-refractivity contribution in [3.8, 4) is 22.6 Å². The second-order valence-corrected chi connectivity index (χ2v) is 12.5. The standard InChI is InChI=1S/C35H30NO6P/c1-6-24-13-9-12-18-29(24)36(34(37)39-35(3,4)5)23(2)40-43(38)41-30-21-19-25-14-7-10-16-27(25)32(30)33-28-17-11-8-15-26(28)20-22-31(33)42-43/h6-22H,1-2H2,3-5H3. The first-order valence-electron chi connectivity index (χ1n) is 13.7. The predicted octanol–water partition coefficient (Wildman–Crippen LogP) is 9.04. The summed E-state index contributed by atoms with van der Waals surface area (Å²) in [5.41, 5.74) is 1.58. The topological polar surface area (TPSA) is 80.3 Å². The molecule has 0 fully saturated rings. The smallest absolute Gasteiger partial charge is 0.519 e. The van der Waals surface area contributed by atoms with Crippen LogP contribution in [-0.2, 0) is 9.26 Å². The van der Waals surface area contributed by atoms with Gasteiger partial charge in [0.25, 0.3) is 5.88 Å². The van der Waals surface area contributed by atoms with E-state index in [-0.39, 0.29) is 5.88 Å².